The number of hydrogen-bond acceptors (Lipinski definition) is 4. The highest BCUT2D eigenvalue weighted by molar-refractivity contribution is 5.96. The number of methoxy groups -OCH3 is 1. The van der Waals surface area contributed by atoms with Gasteiger partial charge in [-0.15, -0.1) is 13.2 Å². The number of carbonyl (C=O) groups excluding carboxylic acids is 1. The second kappa shape index (κ2) is 8.91. The van der Waals surface area contributed by atoms with E-state index in [2.05, 4.69) is 10.8 Å². The van der Waals surface area contributed by atoms with Crippen molar-refractivity contribution in [2.24, 2.45) is 0 Å². The first-order valence-electron chi connectivity index (χ1n) is 9.22. The molecule has 0 amide bonds. The van der Waals surface area contributed by atoms with Crippen LogP contribution in [0, 0.1) is 11.3 Å². The van der Waals surface area contributed by atoms with Crippen LogP contribution in [0.15, 0.2) is 48.7 Å². The van der Waals surface area contributed by atoms with Crippen LogP contribution in [0.3, 0.4) is 0 Å². The highest BCUT2D eigenvalue weighted by Gasteiger charge is 2.30. The predicted octanol–water partition coefficient (Wildman–Crippen LogP) is 5.03. The van der Waals surface area contributed by atoms with Gasteiger partial charge in [0, 0.05) is 23.6 Å². The lowest BCUT2D eigenvalue weighted by Crippen LogP contribution is -2.17. The second-order valence-electron chi connectivity index (χ2n) is 6.67. The van der Waals surface area contributed by atoms with Crippen molar-refractivity contribution in [2.45, 2.75) is 32.2 Å². The molecule has 0 radical (unpaired) electrons. The molecule has 0 aliphatic heterocycles. The molecular weight excluding hydrogens is 397 g/mol. The number of ether oxygens (including phenoxy) is 2. The van der Waals surface area contributed by atoms with E-state index in [-0.39, 0.29) is 5.75 Å². The van der Waals surface area contributed by atoms with Gasteiger partial charge in [0.25, 0.3) is 0 Å². The van der Waals surface area contributed by atoms with E-state index in [0.717, 1.165) is 22.0 Å². The van der Waals surface area contributed by atoms with Crippen molar-refractivity contribution in [3.05, 3.63) is 65.4 Å². The number of carbonyl (C=O) groups is 1. The smallest absolute Gasteiger partial charge is 0.465 e. The molecule has 0 bridgehead atoms. The van der Waals surface area contributed by atoms with E-state index in [1.807, 2.05) is 16.8 Å². The maximum atomic E-state index is 12.3. The molecule has 5 nitrogen and oxygen atoms in total. The van der Waals surface area contributed by atoms with Crippen molar-refractivity contribution in [1.82, 2.24) is 4.57 Å². The summed E-state index contributed by atoms with van der Waals surface area (Å²) in [7, 11) is 1.32. The van der Waals surface area contributed by atoms with Crippen molar-refractivity contribution in [2.75, 3.05) is 7.11 Å². The zero-order valence-corrected chi connectivity index (χ0v) is 16.2. The van der Waals surface area contributed by atoms with Gasteiger partial charge in [-0.3, -0.25) is 0 Å². The van der Waals surface area contributed by atoms with Gasteiger partial charge in [-0.05, 0) is 54.3 Å². The largest absolute Gasteiger partial charge is 0.573 e. The van der Waals surface area contributed by atoms with Gasteiger partial charge in [-0.2, -0.15) is 5.26 Å². The first-order chi connectivity index (χ1) is 14.3. The van der Waals surface area contributed by atoms with Crippen LogP contribution in [-0.2, 0) is 24.1 Å². The normalized spacial score (nSPS) is 11.3. The minimum atomic E-state index is -4.72. The monoisotopic (exact) mass is 416 g/mol. The standard InChI is InChI=1S/C22H19F3N2O3/c1-29-21(28)16-7-10-20-19(13-16)17(14-27(20)12-2-11-26)6-3-15-4-8-18(9-5-15)30-22(23,24)25/h4-5,7-10,13-14H,2-3,6,12H2,1H3. The summed E-state index contributed by atoms with van der Waals surface area (Å²) < 4.78 is 47.5. The number of fused-ring (bicyclic) bond motifs is 1. The molecule has 3 rings (SSSR count). The number of benzene rings is 2. The van der Waals surface area contributed by atoms with Crippen LogP contribution in [0.25, 0.3) is 10.9 Å². The number of aryl methyl sites for hydroxylation is 3. The summed E-state index contributed by atoms with van der Waals surface area (Å²) in [6, 6.07) is 13.1. The van der Waals surface area contributed by atoms with Crippen LogP contribution in [0.5, 0.6) is 5.75 Å². The van der Waals surface area contributed by atoms with Crippen LogP contribution in [0.2, 0.25) is 0 Å². The van der Waals surface area contributed by atoms with E-state index < -0.39 is 12.3 Å². The zero-order valence-electron chi connectivity index (χ0n) is 16.2. The molecule has 0 saturated heterocycles. The molecular formula is C22H19F3N2O3. The third kappa shape index (κ3) is 5.11. The van der Waals surface area contributed by atoms with Crippen LogP contribution < -0.4 is 4.74 Å². The van der Waals surface area contributed by atoms with Crippen LogP contribution in [0.1, 0.15) is 27.9 Å². The Balaban J connectivity index is 1.83. The summed E-state index contributed by atoms with van der Waals surface area (Å²) in [6.07, 6.45) is -1.22. The number of halogens is 3. The topological polar surface area (TPSA) is 64.2 Å². The molecule has 0 aliphatic carbocycles. The Morgan fingerprint density at radius 2 is 1.87 bits per heavy atom. The van der Waals surface area contributed by atoms with E-state index >= 15 is 0 Å². The summed E-state index contributed by atoms with van der Waals surface area (Å²) in [5.74, 6) is -0.699. The highest BCUT2D eigenvalue weighted by atomic mass is 19.4. The van der Waals surface area contributed by atoms with Gasteiger partial charge in [-0.1, -0.05) is 12.1 Å². The average molecular weight is 416 g/mol. The first-order valence-corrected chi connectivity index (χ1v) is 9.22. The van der Waals surface area contributed by atoms with Gasteiger partial charge in [-0.25, -0.2) is 4.79 Å². The van der Waals surface area contributed by atoms with Crippen molar-refractivity contribution >= 4 is 16.9 Å². The van der Waals surface area contributed by atoms with Crippen molar-refractivity contribution in [3.8, 4) is 11.8 Å². The van der Waals surface area contributed by atoms with Gasteiger partial charge in [0.1, 0.15) is 5.75 Å². The van der Waals surface area contributed by atoms with E-state index in [9.17, 15) is 18.0 Å². The number of rotatable bonds is 7. The number of aromatic nitrogens is 1. The van der Waals surface area contributed by atoms with Gasteiger partial charge < -0.3 is 14.0 Å². The fraction of sp³-hybridized carbons (Fsp3) is 0.273. The quantitative estimate of drug-likeness (QED) is 0.507. The number of alkyl halides is 3. The summed E-state index contributed by atoms with van der Waals surface area (Å²) in [4.78, 5) is 11.9. The minimum Gasteiger partial charge on any atom is -0.465 e. The SMILES string of the molecule is COC(=O)c1ccc2c(c1)c(CCc1ccc(OC(F)(F)F)cc1)cn2CCC#N. The van der Waals surface area contributed by atoms with Gasteiger partial charge in [0.2, 0.25) is 0 Å². The van der Waals surface area contributed by atoms with Gasteiger partial charge in [0.05, 0.1) is 25.2 Å². The molecule has 30 heavy (non-hydrogen) atoms. The Kier molecular flexibility index (Phi) is 6.31. The van der Waals surface area contributed by atoms with E-state index in [4.69, 9.17) is 10.00 Å². The van der Waals surface area contributed by atoms with Gasteiger partial charge >= 0.3 is 12.3 Å². The fourth-order valence-corrected chi connectivity index (χ4v) is 3.31. The Labute approximate surface area is 171 Å². The molecule has 3 aromatic rings. The molecule has 0 aliphatic rings. The first kappa shape index (κ1) is 21.2. The number of nitrogens with zero attached hydrogens (tertiary/aromatic N) is 2. The molecule has 0 unspecified atom stereocenters. The predicted molar refractivity (Wildman–Crippen MR) is 104 cm³/mol. The lowest BCUT2D eigenvalue weighted by molar-refractivity contribution is -0.274. The van der Waals surface area contributed by atoms with E-state index in [1.165, 1.54) is 19.2 Å². The summed E-state index contributed by atoms with van der Waals surface area (Å²) >= 11 is 0. The molecule has 1 heterocycles. The van der Waals surface area contributed by atoms with E-state index in [1.54, 1.807) is 24.3 Å². The zero-order chi connectivity index (χ0) is 21.7. The third-order valence-electron chi connectivity index (χ3n) is 4.69. The minimum absolute atomic E-state index is 0.262. The van der Waals surface area contributed by atoms with Crippen molar-refractivity contribution < 1.29 is 27.4 Å². The molecule has 0 atom stereocenters. The molecule has 0 saturated carbocycles. The molecule has 0 fully saturated rings. The maximum absolute atomic E-state index is 12.3. The Bertz CT molecular complexity index is 1080. The third-order valence-corrected chi connectivity index (χ3v) is 4.69. The fourth-order valence-electron chi connectivity index (χ4n) is 3.31. The van der Waals surface area contributed by atoms with Crippen LogP contribution >= 0.6 is 0 Å². The maximum Gasteiger partial charge on any atom is 0.573 e. The second-order valence-corrected chi connectivity index (χ2v) is 6.67. The van der Waals surface area contributed by atoms with E-state index in [0.29, 0.717) is 31.4 Å². The molecule has 1 aromatic heterocycles. The lowest BCUT2D eigenvalue weighted by atomic mass is 10.0. The van der Waals surface area contributed by atoms with Crippen LogP contribution in [-0.4, -0.2) is 24.0 Å². The molecule has 8 heteroatoms. The Hall–Kier alpha value is -3.47. The molecule has 0 spiro atoms. The summed E-state index contributed by atoms with van der Waals surface area (Å²) in [5.41, 5.74) is 3.16. The van der Waals surface area contributed by atoms with Crippen LogP contribution in [0.4, 0.5) is 13.2 Å². The van der Waals surface area contributed by atoms with Gasteiger partial charge in [0.15, 0.2) is 0 Å². The number of hydrogen-bond donors (Lipinski definition) is 0. The Morgan fingerprint density at radius 3 is 2.50 bits per heavy atom. The highest BCUT2D eigenvalue weighted by Crippen LogP contribution is 2.26. The van der Waals surface area contributed by atoms with Crippen molar-refractivity contribution in [1.29, 1.82) is 5.26 Å². The number of esters is 1. The Morgan fingerprint density at radius 1 is 1.13 bits per heavy atom. The number of nitriles is 1. The summed E-state index contributed by atoms with van der Waals surface area (Å²) in [5, 5.41) is 9.78. The molecule has 2 aromatic carbocycles. The van der Waals surface area contributed by atoms with Crippen molar-refractivity contribution in [3.63, 3.8) is 0 Å². The average Bonchev–Trinajstić information content (AvgIpc) is 3.07. The molecule has 0 N–H and O–H groups in total. The summed E-state index contributed by atoms with van der Waals surface area (Å²) in [6.45, 7) is 0.522. The lowest BCUT2D eigenvalue weighted by Gasteiger charge is -2.09. The molecule has 156 valence electrons.